The molecule has 3 rings (SSSR count). The second-order valence-corrected chi connectivity index (χ2v) is 9.30. The first kappa shape index (κ1) is 25.8. The molecular weight excluding hydrogens is 490 g/mol. The molecule has 0 bridgehead atoms. The summed E-state index contributed by atoms with van der Waals surface area (Å²) in [6.45, 7) is 5.14. The van der Waals surface area contributed by atoms with Crippen LogP contribution in [-0.2, 0) is 14.3 Å². The van der Waals surface area contributed by atoms with Gasteiger partial charge < -0.3 is 21.5 Å². The second kappa shape index (κ2) is 11.1. The largest absolute Gasteiger partial charge is 0.465 e. The van der Waals surface area contributed by atoms with Crippen molar-refractivity contribution in [3.63, 3.8) is 0 Å². The molecule has 184 valence electrons. The fourth-order valence-corrected chi connectivity index (χ4v) is 4.93. The molecule has 0 saturated carbocycles. The van der Waals surface area contributed by atoms with Crippen molar-refractivity contribution in [2.75, 3.05) is 23.8 Å². The maximum Gasteiger partial charge on any atom is 0.325 e. The SMILES string of the molecule is CCOC(=O)CNC(=O)C(c1cccs1)N(C(=O)c1snc(C(N)=O)c1N)c1cc(C)ccc1C. The van der Waals surface area contributed by atoms with Crippen LogP contribution in [0.2, 0.25) is 0 Å². The molecule has 0 aliphatic rings. The van der Waals surface area contributed by atoms with Gasteiger partial charge in [0, 0.05) is 10.6 Å². The highest BCUT2D eigenvalue weighted by atomic mass is 32.1. The summed E-state index contributed by atoms with van der Waals surface area (Å²) >= 11 is 2.00. The lowest BCUT2D eigenvalue weighted by atomic mass is 10.1. The number of anilines is 2. The number of aryl methyl sites for hydroxylation is 2. The van der Waals surface area contributed by atoms with Crippen LogP contribution in [0.1, 0.15) is 49.1 Å². The first-order chi connectivity index (χ1) is 16.6. The molecule has 5 N–H and O–H groups in total. The van der Waals surface area contributed by atoms with E-state index in [0.717, 1.165) is 22.7 Å². The number of rotatable bonds is 9. The number of benzene rings is 1. The standard InChI is InChI=1S/C23H25N5O5S2/c1-4-33-16(29)11-26-22(31)19(15-6-5-9-34-15)28(14-10-12(2)7-8-13(14)3)23(32)20-17(24)18(21(25)30)27-35-20/h5-10,19H,4,11,24H2,1-3H3,(H2,25,30)(H,26,31). The van der Waals surface area contributed by atoms with E-state index >= 15 is 0 Å². The van der Waals surface area contributed by atoms with E-state index in [1.807, 2.05) is 26.0 Å². The van der Waals surface area contributed by atoms with Crippen molar-refractivity contribution in [3.05, 3.63) is 62.3 Å². The summed E-state index contributed by atoms with van der Waals surface area (Å²) in [7, 11) is 0. The molecule has 0 aliphatic carbocycles. The molecule has 0 aliphatic heterocycles. The van der Waals surface area contributed by atoms with Crippen LogP contribution in [-0.4, -0.2) is 41.2 Å². The summed E-state index contributed by atoms with van der Waals surface area (Å²) in [4.78, 5) is 52.8. The van der Waals surface area contributed by atoms with Gasteiger partial charge in [-0.05, 0) is 60.9 Å². The van der Waals surface area contributed by atoms with Gasteiger partial charge in [0.15, 0.2) is 11.7 Å². The zero-order valence-electron chi connectivity index (χ0n) is 19.4. The molecule has 1 atom stereocenters. The molecule has 0 radical (unpaired) electrons. The minimum absolute atomic E-state index is 0.0283. The zero-order chi connectivity index (χ0) is 25.7. The molecule has 3 amide bonds. The third-order valence-electron chi connectivity index (χ3n) is 5.03. The highest BCUT2D eigenvalue weighted by molar-refractivity contribution is 7.10. The number of amides is 3. The molecule has 1 unspecified atom stereocenters. The summed E-state index contributed by atoms with van der Waals surface area (Å²) in [6.07, 6.45) is 0. The number of aromatic nitrogens is 1. The number of primary amides is 1. The Bertz CT molecular complexity index is 1260. The average molecular weight is 516 g/mol. The summed E-state index contributed by atoms with van der Waals surface area (Å²) in [5.74, 6) is -2.69. The Balaban J connectivity index is 2.15. The lowest BCUT2D eigenvalue weighted by Gasteiger charge is -2.31. The average Bonchev–Trinajstić information content (AvgIpc) is 3.47. The van der Waals surface area contributed by atoms with E-state index in [-0.39, 0.29) is 29.4 Å². The van der Waals surface area contributed by atoms with Gasteiger partial charge in [0.2, 0.25) is 5.91 Å². The molecule has 0 saturated heterocycles. The van der Waals surface area contributed by atoms with Crippen LogP contribution in [0.3, 0.4) is 0 Å². The molecular formula is C23H25N5O5S2. The molecule has 0 fully saturated rings. The van der Waals surface area contributed by atoms with Crippen LogP contribution < -0.4 is 21.7 Å². The number of hydrogen-bond acceptors (Lipinski definition) is 9. The number of nitrogens with one attached hydrogen (secondary N) is 1. The monoisotopic (exact) mass is 515 g/mol. The number of carbonyl (C=O) groups is 4. The van der Waals surface area contributed by atoms with Gasteiger partial charge in [0.1, 0.15) is 11.4 Å². The summed E-state index contributed by atoms with van der Waals surface area (Å²) in [5.41, 5.74) is 13.1. The van der Waals surface area contributed by atoms with Crippen molar-refractivity contribution in [2.24, 2.45) is 5.73 Å². The minimum atomic E-state index is -1.14. The lowest BCUT2D eigenvalue weighted by molar-refractivity contribution is -0.143. The predicted octanol–water partition coefficient (Wildman–Crippen LogP) is 2.57. The summed E-state index contributed by atoms with van der Waals surface area (Å²) in [5, 5.41) is 4.34. The van der Waals surface area contributed by atoms with Crippen molar-refractivity contribution in [2.45, 2.75) is 26.8 Å². The van der Waals surface area contributed by atoms with Crippen molar-refractivity contribution < 1.29 is 23.9 Å². The maximum atomic E-state index is 13.9. The third kappa shape index (κ3) is 5.66. The number of thiophene rings is 1. The molecule has 3 aromatic rings. The number of nitrogens with two attached hydrogens (primary N) is 2. The van der Waals surface area contributed by atoms with Crippen LogP contribution in [0.4, 0.5) is 11.4 Å². The number of carbonyl (C=O) groups excluding carboxylic acids is 4. The highest BCUT2D eigenvalue weighted by Gasteiger charge is 2.37. The topological polar surface area (TPSA) is 158 Å². The highest BCUT2D eigenvalue weighted by Crippen LogP contribution is 2.36. The predicted molar refractivity (Wildman–Crippen MR) is 134 cm³/mol. The van der Waals surface area contributed by atoms with Crippen LogP contribution in [0.5, 0.6) is 0 Å². The first-order valence-electron chi connectivity index (χ1n) is 10.6. The van der Waals surface area contributed by atoms with Gasteiger partial charge in [-0.15, -0.1) is 11.3 Å². The maximum absolute atomic E-state index is 13.9. The zero-order valence-corrected chi connectivity index (χ0v) is 21.0. The van der Waals surface area contributed by atoms with E-state index < -0.39 is 29.7 Å². The van der Waals surface area contributed by atoms with E-state index in [1.54, 1.807) is 30.5 Å². The fraction of sp³-hybridized carbons (Fsp3) is 0.261. The summed E-state index contributed by atoms with van der Waals surface area (Å²) in [6, 6.07) is 7.82. The van der Waals surface area contributed by atoms with Gasteiger partial charge in [-0.1, -0.05) is 18.2 Å². The molecule has 12 heteroatoms. The molecule has 35 heavy (non-hydrogen) atoms. The van der Waals surface area contributed by atoms with Crippen molar-refractivity contribution >= 4 is 57.9 Å². The van der Waals surface area contributed by atoms with E-state index in [1.165, 1.54) is 16.2 Å². The minimum Gasteiger partial charge on any atom is -0.465 e. The number of hydrogen-bond donors (Lipinski definition) is 3. The van der Waals surface area contributed by atoms with Gasteiger partial charge in [0.05, 0.1) is 12.3 Å². The Morgan fingerprint density at radius 2 is 1.94 bits per heavy atom. The van der Waals surface area contributed by atoms with Gasteiger partial charge in [-0.2, -0.15) is 4.37 Å². The van der Waals surface area contributed by atoms with Crippen LogP contribution in [0, 0.1) is 13.8 Å². The summed E-state index contributed by atoms with van der Waals surface area (Å²) < 4.78 is 8.84. The fourth-order valence-electron chi connectivity index (χ4n) is 3.37. The number of ether oxygens (including phenoxy) is 1. The van der Waals surface area contributed by atoms with E-state index in [9.17, 15) is 19.2 Å². The Hall–Kier alpha value is -3.77. The van der Waals surface area contributed by atoms with Crippen LogP contribution >= 0.6 is 22.9 Å². The molecule has 2 heterocycles. The smallest absolute Gasteiger partial charge is 0.325 e. The number of esters is 1. The van der Waals surface area contributed by atoms with Gasteiger partial charge >= 0.3 is 5.97 Å². The number of nitrogens with zero attached hydrogens (tertiary/aromatic N) is 2. The van der Waals surface area contributed by atoms with Gasteiger partial charge in [-0.3, -0.25) is 24.1 Å². The first-order valence-corrected chi connectivity index (χ1v) is 12.2. The Morgan fingerprint density at radius 1 is 1.20 bits per heavy atom. The Labute approximate surface area is 210 Å². The molecule has 2 aromatic heterocycles. The number of nitrogen functional groups attached to an aromatic ring is 1. The molecule has 0 spiro atoms. The van der Waals surface area contributed by atoms with E-state index in [0.29, 0.717) is 10.6 Å². The Kier molecular flexibility index (Phi) is 8.20. The van der Waals surface area contributed by atoms with Gasteiger partial charge in [0.25, 0.3) is 11.8 Å². The van der Waals surface area contributed by atoms with Crippen LogP contribution in [0.25, 0.3) is 0 Å². The van der Waals surface area contributed by atoms with Crippen LogP contribution in [0.15, 0.2) is 35.7 Å². The normalized spacial score (nSPS) is 11.5. The second-order valence-electron chi connectivity index (χ2n) is 7.54. The Morgan fingerprint density at radius 3 is 2.54 bits per heavy atom. The van der Waals surface area contributed by atoms with E-state index in [2.05, 4.69) is 9.69 Å². The van der Waals surface area contributed by atoms with Crippen molar-refractivity contribution in [1.29, 1.82) is 0 Å². The molecule has 1 aromatic carbocycles. The van der Waals surface area contributed by atoms with Crippen molar-refractivity contribution in [1.82, 2.24) is 9.69 Å². The quantitative estimate of drug-likeness (QED) is 0.370. The molecule has 10 nitrogen and oxygen atoms in total. The third-order valence-corrected chi connectivity index (χ3v) is 6.81. The van der Waals surface area contributed by atoms with Gasteiger partial charge in [-0.25, -0.2) is 0 Å². The van der Waals surface area contributed by atoms with E-state index in [4.69, 9.17) is 16.2 Å². The van der Waals surface area contributed by atoms with Crippen molar-refractivity contribution in [3.8, 4) is 0 Å². The lowest BCUT2D eigenvalue weighted by Crippen LogP contribution is -2.45.